The topological polar surface area (TPSA) is 6.48 Å². The molecule has 66 heavy (non-hydrogen) atoms. The van der Waals surface area contributed by atoms with Crippen molar-refractivity contribution in [3.8, 4) is 66.8 Å². The van der Waals surface area contributed by atoms with E-state index in [9.17, 15) is 0 Å². The van der Waals surface area contributed by atoms with Crippen molar-refractivity contribution in [1.82, 2.24) is 0 Å². The molecule has 2 heteroatoms. The van der Waals surface area contributed by atoms with Crippen LogP contribution in [0.3, 0.4) is 0 Å². The van der Waals surface area contributed by atoms with E-state index in [1.165, 1.54) is 88.9 Å². The zero-order chi connectivity index (χ0) is 43.8. The summed E-state index contributed by atoms with van der Waals surface area (Å²) in [5.41, 5.74) is 21.4. The first-order chi connectivity index (χ1) is 32.7. The molecule has 0 bridgehead atoms. The maximum Gasteiger partial charge on any atom is 0.0540 e. The van der Waals surface area contributed by atoms with Crippen LogP contribution < -0.4 is 9.80 Å². The van der Waals surface area contributed by atoms with Gasteiger partial charge in [-0.1, -0.05) is 194 Å². The molecule has 0 amide bonds. The molecule has 12 rings (SSSR count). The number of anilines is 6. The van der Waals surface area contributed by atoms with E-state index in [-0.39, 0.29) is 0 Å². The van der Waals surface area contributed by atoms with Gasteiger partial charge in [0.1, 0.15) is 0 Å². The van der Waals surface area contributed by atoms with Crippen molar-refractivity contribution in [2.24, 2.45) is 0 Å². The molecular weight excluding hydrogens is 797 g/mol. The van der Waals surface area contributed by atoms with Gasteiger partial charge in [0.05, 0.1) is 11.4 Å². The van der Waals surface area contributed by atoms with Gasteiger partial charge >= 0.3 is 0 Å². The number of hydrogen-bond donors (Lipinski definition) is 0. The monoisotopic (exact) mass is 840 g/mol. The number of para-hydroxylation sites is 2. The maximum atomic E-state index is 2.41. The highest BCUT2D eigenvalue weighted by Gasteiger charge is 2.25. The van der Waals surface area contributed by atoms with Gasteiger partial charge in [-0.25, -0.2) is 0 Å². The van der Waals surface area contributed by atoms with Crippen molar-refractivity contribution >= 4 is 44.9 Å². The molecule has 11 aromatic carbocycles. The molecular formula is C64H44N2. The lowest BCUT2D eigenvalue weighted by Gasteiger charge is -2.27. The van der Waals surface area contributed by atoms with Gasteiger partial charge in [0.15, 0.2) is 0 Å². The van der Waals surface area contributed by atoms with Crippen molar-refractivity contribution in [1.29, 1.82) is 0 Å². The first kappa shape index (κ1) is 38.9. The maximum absolute atomic E-state index is 2.41. The molecule has 310 valence electrons. The van der Waals surface area contributed by atoms with Crippen LogP contribution in [-0.2, 0) is 0 Å². The van der Waals surface area contributed by atoms with Crippen molar-refractivity contribution in [3.63, 3.8) is 0 Å². The van der Waals surface area contributed by atoms with Gasteiger partial charge in [0.2, 0.25) is 0 Å². The van der Waals surface area contributed by atoms with Gasteiger partial charge in [0.25, 0.3) is 0 Å². The van der Waals surface area contributed by atoms with Crippen LogP contribution in [0.4, 0.5) is 34.1 Å². The number of nitrogens with zero attached hydrogens (tertiary/aromatic N) is 2. The van der Waals surface area contributed by atoms with Gasteiger partial charge in [-0.3, -0.25) is 0 Å². The molecule has 0 fully saturated rings. The van der Waals surface area contributed by atoms with Crippen LogP contribution in [0.15, 0.2) is 267 Å². The van der Waals surface area contributed by atoms with E-state index in [0.717, 1.165) is 22.7 Å². The summed E-state index contributed by atoms with van der Waals surface area (Å²) in [7, 11) is 0. The minimum atomic E-state index is 1.10. The Kier molecular flexibility index (Phi) is 9.89. The van der Waals surface area contributed by atoms with Crippen LogP contribution in [0.5, 0.6) is 0 Å². The zero-order valence-corrected chi connectivity index (χ0v) is 36.3. The molecule has 2 nitrogen and oxygen atoms in total. The summed E-state index contributed by atoms with van der Waals surface area (Å²) in [6, 6.07) is 96.8. The van der Waals surface area contributed by atoms with E-state index in [0.29, 0.717) is 0 Å². The fraction of sp³-hybridized carbons (Fsp3) is 0. The molecule has 0 saturated heterocycles. The van der Waals surface area contributed by atoms with Crippen LogP contribution in [-0.4, -0.2) is 0 Å². The van der Waals surface area contributed by atoms with E-state index in [1.807, 2.05) is 0 Å². The fourth-order valence-corrected chi connectivity index (χ4v) is 9.68. The molecule has 0 radical (unpaired) electrons. The van der Waals surface area contributed by atoms with Gasteiger partial charge in [-0.2, -0.15) is 0 Å². The minimum Gasteiger partial charge on any atom is -0.311 e. The van der Waals surface area contributed by atoms with Crippen molar-refractivity contribution in [2.45, 2.75) is 0 Å². The highest BCUT2D eigenvalue weighted by atomic mass is 15.2. The van der Waals surface area contributed by atoms with Gasteiger partial charge in [-0.05, 0) is 139 Å². The van der Waals surface area contributed by atoms with Crippen LogP contribution in [0.25, 0.3) is 77.5 Å². The third-order valence-electron chi connectivity index (χ3n) is 13.0. The molecule has 0 N–H and O–H groups in total. The number of fused-ring (bicyclic) bond motifs is 6. The standard InChI is InChI=1S/C64H44N2/c1-3-13-45(14-4-1)47-27-35-55(36-28-47)65(56-37-29-48(30-38-56)46-15-5-2-6-16-46)57-39-31-49(32-40-57)51-23-25-54-44-52(24-26-53(54)43-51)50-33-41-58(42-34-50)66-63-21-11-9-19-61(63)59-17-7-8-18-60(59)62-20-10-12-22-64(62)66/h1-44H. The van der Waals surface area contributed by atoms with Crippen molar-refractivity contribution in [2.75, 3.05) is 9.80 Å². The SMILES string of the molecule is c1ccc(-c2ccc(N(c3ccc(-c4ccccc4)cc3)c3ccc(-c4ccc5cc(-c6ccc(N7c8ccccc8-c8ccccc8-c8ccccc87)cc6)ccc5c4)cc3)cc2)cc1. The largest absolute Gasteiger partial charge is 0.311 e. The van der Waals surface area contributed by atoms with E-state index in [4.69, 9.17) is 0 Å². The normalized spacial score (nSPS) is 11.6. The summed E-state index contributed by atoms with van der Waals surface area (Å²) < 4.78 is 0. The quantitative estimate of drug-likeness (QED) is 0.150. The predicted octanol–water partition coefficient (Wildman–Crippen LogP) is 18.1. The Morgan fingerprint density at radius 3 is 0.939 bits per heavy atom. The summed E-state index contributed by atoms with van der Waals surface area (Å²) in [6.45, 7) is 0. The lowest BCUT2D eigenvalue weighted by Crippen LogP contribution is -2.10. The lowest BCUT2D eigenvalue weighted by molar-refractivity contribution is 1.28. The summed E-state index contributed by atoms with van der Waals surface area (Å²) in [4.78, 5) is 4.75. The van der Waals surface area contributed by atoms with E-state index >= 15 is 0 Å². The number of rotatable bonds is 8. The Labute approximate surface area is 386 Å². The zero-order valence-electron chi connectivity index (χ0n) is 36.3. The predicted molar refractivity (Wildman–Crippen MR) is 279 cm³/mol. The fourth-order valence-electron chi connectivity index (χ4n) is 9.68. The Morgan fingerprint density at radius 1 is 0.227 bits per heavy atom. The molecule has 0 aliphatic carbocycles. The second-order valence-electron chi connectivity index (χ2n) is 16.9. The van der Waals surface area contributed by atoms with Crippen LogP contribution >= 0.6 is 0 Å². The average Bonchev–Trinajstić information content (AvgIpc) is 3.52. The Balaban J connectivity index is 0.827. The molecule has 0 unspecified atom stereocenters. The molecule has 0 aromatic heterocycles. The van der Waals surface area contributed by atoms with Crippen molar-refractivity contribution < 1.29 is 0 Å². The third kappa shape index (κ3) is 7.21. The summed E-state index contributed by atoms with van der Waals surface area (Å²) in [5, 5.41) is 2.43. The lowest BCUT2D eigenvalue weighted by atomic mass is 9.95. The highest BCUT2D eigenvalue weighted by molar-refractivity contribution is 6.02. The number of benzene rings is 11. The van der Waals surface area contributed by atoms with E-state index < -0.39 is 0 Å². The van der Waals surface area contributed by atoms with E-state index in [2.05, 4.69) is 277 Å². The molecule has 0 atom stereocenters. The molecule has 0 spiro atoms. The molecule has 1 aliphatic rings. The Hall–Kier alpha value is -8.72. The molecule has 1 aliphatic heterocycles. The summed E-state index contributed by atoms with van der Waals surface area (Å²) in [6.07, 6.45) is 0. The summed E-state index contributed by atoms with van der Waals surface area (Å²) in [5.74, 6) is 0. The van der Waals surface area contributed by atoms with Gasteiger partial charge in [0, 0.05) is 33.9 Å². The third-order valence-corrected chi connectivity index (χ3v) is 13.0. The Morgan fingerprint density at radius 2 is 0.530 bits per heavy atom. The van der Waals surface area contributed by atoms with Crippen LogP contribution in [0, 0.1) is 0 Å². The Bertz CT molecular complexity index is 3340. The minimum absolute atomic E-state index is 1.10. The summed E-state index contributed by atoms with van der Waals surface area (Å²) >= 11 is 0. The average molecular weight is 841 g/mol. The smallest absolute Gasteiger partial charge is 0.0540 e. The van der Waals surface area contributed by atoms with Gasteiger partial charge in [-0.15, -0.1) is 0 Å². The van der Waals surface area contributed by atoms with Crippen LogP contribution in [0.2, 0.25) is 0 Å². The highest BCUT2D eigenvalue weighted by Crippen LogP contribution is 2.50. The van der Waals surface area contributed by atoms with Crippen molar-refractivity contribution in [3.05, 3.63) is 267 Å². The second-order valence-corrected chi connectivity index (χ2v) is 16.9. The molecule has 1 heterocycles. The first-order valence-electron chi connectivity index (χ1n) is 22.7. The molecule has 0 saturated carbocycles. The first-order valence-corrected chi connectivity index (χ1v) is 22.7. The van der Waals surface area contributed by atoms with Crippen LogP contribution in [0.1, 0.15) is 0 Å². The van der Waals surface area contributed by atoms with E-state index in [1.54, 1.807) is 0 Å². The molecule has 11 aromatic rings. The second kappa shape index (κ2) is 16.8. The number of hydrogen-bond acceptors (Lipinski definition) is 2. The van der Waals surface area contributed by atoms with Gasteiger partial charge < -0.3 is 9.80 Å².